The number of para-hydroxylation sites is 2. The number of benzene rings is 1. The molecule has 1 saturated heterocycles. The fraction of sp³-hybridized carbons (Fsp3) is 0.429. The van der Waals surface area contributed by atoms with Gasteiger partial charge in [0, 0.05) is 6.54 Å². The number of urea groups is 1. The number of anilines is 2. The van der Waals surface area contributed by atoms with E-state index < -0.39 is 17.5 Å². The standard InChI is InChI=1S/C14H19N3O3/c1-2-14(12(18)19)8-5-9-17(14)13(20)16-11-7-4-3-6-10(11)15/h3-4,6-7H,2,5,8-9,15H2,1H3,(H,16,20)(H,18,19). The van der Waals surface area contributed by atoms with Crippen LogP contribution in [0.25, 0.3) is 0 Å². The Bertz CT molecular complexity index is 532. The molecule has 0 radical (unpaired) electrons. The van der Waals surface area contributed by atoms with E-state index in [9.17, 15) is 14.7 Å². The van der Waals surface area contributed by atoms with Crippen molar-refractivity contribution >= 4 is 23.4 Å². The number of carbonyl (C=O) groups is 2. The molecule has 108 valence electrons. The second kappa shape index (κ2) is 5.40. The van der Waals surface area contributed by atoms with Crippen LogP contribution in [0.2, 0.25) is 0 Å². The second-order valence-corrected chi connectivity index (χ2v) is 4.96. The average Bonchev–Trinajstić information content (AvgIpc) is 2.86. The Kier molecular flexibility index (Phi) is 3.83. The number of carboxylic acid groups (broad SMARTS) is 1. The molecule has 20 heavy (non-hydrogen) atoms. The molecule has 1 heterocycles. The number of nitrogens with one attached hydrogen (secondary N) is 1. The maximum Gasteiger partial charge on any atom is 0.329 e. The topological polar surface area (TPSA) is 95.7 Å². The van der Waals surface area contributed by atoms with Crippen LogP contribution in [0.3, 0.4) is 0 Å². The second-order valence-electron chi connectivity index (χ2n) is 4.96. The lowest BCUT2D eigenvalue weighted by atomic mass is 9.93. The lowest BCUT2D eigenvalue weighted by Gasteiger charge is -2.33. The highest BCUT2D eigenvalue weighted by Gasteiger charge is 2.48. The van der Waals surface area contributed by atoms with Crippen molar-refractivity contribution in [3.05, 3.63) is 24.3 Å². The molecule has 1 aromatic rings. The van der Waals surface area contributed by atoms with Crippen LogP contribution < -0.4 is 11.1 Å². The molecule has 0 spiro atoms. The Labute approximate surface area is 117 Å². The SMILES string of the molecule is CCC1(C(=O)O)CCCN1C(=O)Nc1ccccc1N. The van der Waals surface area contributed by atoms with Crippen molar-refractivity contribution in [3.8, 4) is 0 Å². The Hall–Kier alpha value is -2.24. The number of hydrogen-bond acceptors (Lipinski definition) is 3. The highest BCUT2D eigenvalue weighted by atomic mass is 16.4. The van der Waals surface area contributed by atoms with Gasteiger partial charge in [-0.3, -0.25) is 0 Å². The smallest absolute Gasteiger partial charge is 0.329 e. The number of carboxylic acids is 1. The zero-order valence-corrected chi connectivity index (χ0v) is 11.4. The predicted molar refractivity (Wildman–Crippen MR) is 76.5 cm³/mol. The first kappa shape index (κ1) is 14.2. The minimum absolute atomic E-state index is 0.389. The Morgan fingerprint density at radius 3 is 2.75 bits per heavy atom. The average molecular weight is 277 g/mol. The molecule has 6 heteroatoms. The van der Waals surface area contributed by atoms with Crippen molar-refractivity contribution in [1.82, 2.24) is 4.90 Å². The number of rotatable bonds is 3. The van der Waals surface area contributed by atoms with Crippen LogP contribution >= 0.6 is 0 Å². The van der Waals surface area contributed by atoms with Crippen LogP contribution in [0.15, 0.2) is 24.3 Å². The van der Waals surface area contributed by atoms with E-state index in [1.165, 1.54) is 4.90 Å². The molecule has 1 aliphatic rings. The molecule has 4 N–H and O–H groups in total. The molecule has 0 bridgehead atoms. The number of carbonyl (C=O) groups excluding carboxylic acids is 1. The third-order valence-electron chi connectivity index (χ3n) is 3.92. The van der Waals surface area contributed by atoms with Gasteiger partial charge < -0.3 is 21.1 Å². The number of hydrogen-bond donors (Lipinski definition) is 3. The van der Waals surface area contributed by atoms with E-state index in [0.29, 0.717) is 37.2 Å². The molecule has 0 aromatic heterocycles. The highest BCUT2D eigenvalue weighted by Crippen LogP contribution is 2.33. The molecule has 0 aliphatic carbocycles. The molecule has 2 amide bonds. The summed E-state index contributed by atoms with van der Waals surface area (Å²) < 4.78 is 0. The highest BCUT2D eigenvalue weighted by molar-refractivity contribution is 5.96. The van der Waals surface area contributed by atoms with Crippen LogP contribution in [0.1, 0.15) is 26.2 Å². The van der Waals surface area contributed by atoms with Gasteiger partial charge in [0.05, 0.1) is 11.4 Å². The van der Waals surface area contributed by atoms with Crippen molar-refractivity contribution in [2.45, 2.75) is 31.7 Å². The minimum Gasteiger partial charge on any atom is -0.479 e. The largest absolute Gasteiger partial charge is 0.479 e. The molecular weight excluding hydrogens is 258 g/mol. The third kappa shape index (κ3) is 2.29. The number of nitrogen functional groups attached to an aromatic ring is 1. The van der Waals surface area contributed by atoms with E-state index in [-0.39, 0.29) is 0 Å². The minimum atomic E-state index is -1.10. The number of nitrogens with two attached hydrogens (primary N) is 1. The molecule has 2 rings (SSSR count). The molecule has 6 nitrogen and oxygen atoms in total. The molecule has 1 aliphatic heterocycles. The number of aliphatic carboxylic acids is 1. The molecule has 1 fully saturated rings. The van der Waals surface area contributed by atoms with E-state index in [1.807, 2.05) is 0 Å². The van der Waals surface area contributed by atoms with Crippen molar-refractivity contribution < 1.29 is 14.7 Å². The monoisotopic (exact) mass is 277 g/mol. The van der Waals surface area contributed by atoms with E-state index in [2.05, 4.69) is 5.32 Å². The van der Waals surface area contributed by atoms with E-state index in [0.717, 1.165) is 0 Å². The summed E-state index contributed by atoms with van der Waals surface area (Å²) in [6.45, 7) is 2.23. The van der Waals surface area contributed by atoms with Gasteiger partial charge in [-0.25, -0.2) is 9.59 Å². The number of nitrogens with zero attached hydrogens (tertiary/aromatic N) is 1. The van der Waals surface area contributed by atoms with Gasteiger partial charge in [0.25, 0.3) is 0 Å². The van der Waals surface area contributed by atoms with Crippen LogP contribution in [-0.2, 0) is 4.79 Å². The van der Waals surface area contributed by atoms with E-state index >= 15 is 0 Å². The van der Waals surface area contributed by atoms with Crippen LogP contribution in [0, 0.1) is 0 Å². The van der Waals surface area contributed by atoms with Crippen LogP contribution in [-0.4, -0.2) is 34.1 Å². The number of amides is 2. The van der Waals surface area contributed by atoms with Gasteiger partial charge in [-0.1, -0.05) is 19.1 Å². The molecular formula is C14H19N3O3. The first-order valence-corrected chi connectivity index (χ1v) is 6.68. The van der Waals surface area contributed by atoms with Gasteiger partial charge in [-0.05, 0) is 31.4 Å². The van der Waals surface area contributed by atoms with Crippen LogP contribution in [0.5, 0.6) is 0 Å². The van der Waals surface area contributed by atoms with E-state index in [1.54, 1.807) is 31.2 Å². The van der Waals surface area contributed by atoms with Gasteiger partial charge in [0.15, 0.2) is 0 Å². The third-order valence-corrected chi connectivity index (χ3v) is 3.92. The fourth-order valence-corrected chi connectivity index (χ4v) is 2.71. The summed E-state index contributed by atoms with van der Waals surface area (Å²) >= 11 is 0. The van der Waals surface area contributed by atoms with Gasteiger partial charge >= 0.3 is 12.0 Å². The Morgan fingerprint density at radius 2 is 2.15 bits per heavy atom. The first-order valence-electron chi connectivity index (χ1n) is 6.68. The molecule has 1 atom stereocenters. The van der Waals surface area contributed by atoms with Gasteiger partial charge in [0.1, 0.15) is 5.54 Å². The van der Waals surface area contributed by atoms with Crippen molar-refractivity contribution in [1.29, 1.82) is 0 Å². The maximum absolute atomic E-state index is 12.3. The van der Waals surface area contributed by atoms with Crippen LogP contribution in [0.4, 0.5) is 16.2 Å². The maximum atomic E-state index is 12.3. The Balaban J connectivity index is 2.21. The summed E-state index contributed by atoms with van der Waals surface area (Å²) in [4.78, 5) is 25.3. The normalized spacial score (nSPS) is 21.8. The van der Waals surface area contributed by atoms with Gasteiger partial charge in [0.2, 0.25) is 0 Å². The number of likely N-dealkylation sites (tertiary alicyclic amines) is 1. The molecule has 1 unspecified atom stereocenters. The zero-order chi connectivity index (χ0) is 14.8. The fourth-order valence-electron chi connectivity index (χ4n) is 2.71. The molecule has 0 saturated carbocycles. The summed E-state index contributed by atoms with van der Waals surface area (Å²) in [5, 5.41) is 12.2. The van der Waals surface area contributed by atoms with Crippen molar-refractivity contribution in [2.75, 3.05) is 17.6 Å². The summed E-state index contributed by atoms with van der Waals surface area (Å²) in [5.74, 6) is -0.950. The van der Waals surface area contributed by atoms with Gasteiger partial charge in [-0.2, -0.15) is 0 Å². The zero-order valence-electron chi connectivity index (χ0n) is 11.4. The quantitative estimate of drug-likeness (QED) is 0.737. The lowest BCUT2D eigenvalue weighted by Crippen LogP contribution is -2.54. The van der Waals surface area contributed by atoms with Gasteiger partial charge in [-0.15, -0.1) is 0 Å². The van der Waals surface area contributed by atoms with E-state index in [4.69, 9.17) is 5.73 Å². The summed E-state index contributed by atoms with van der Waals surface area (Å²) in [6, 6.07) is 6.50. The predicted octanol–water partition coefficient (Wildman–Crippen LogP) is 2.13. The summed E-state index contributed by atoms with van der Waals surface area (Å²) in [5.41, 5.74) is 5.63. The Morgan fingerprint density at radius 1 is 1.45 bits per heavy atom. The lowest BCUT2D eigenvalue weighted by molar-refractivity contribution is -0.148. The van der Waals surface area contributed by atoms with Crippen molar-refractivity contribution in [3.63, 3.8) is 0 Å². The van der Waals surface area contributed by atoms with Crippen molar-refractivity contribution in [2.24, 2.45) is 0 Å². The summed E-state index contributed by atoms with van der Waals surface area (Å²) in [7, 11) is 0. The molecule has 1 aromatic carbocycles. The first-order chi connectivity index (χ1) is 9.51. The summed E-state index contributed by atoms with van der Waals surface area (Å²) in [6.07, 6.45) is 1.56.